The highest BCUT2D eigenvalue weighted by atomic mass is 32.1. The van der Waals surface area contributed by atoms with E-state index < -0.39 is 0 Å². The summed E-state index contributed by atoms with van der Waals surface area (Å²) in [6.45, 7) is 8.12. The van der Waals surface area contributed by atoms with Gasteiger partial charge in [0.25, 0.3) is 0 Å². The molecule has 0 radical (unpaired) electrons. The van der Waals surface area contributed by atoms with E-state index in [2.05, 4.69) is 33.0 Å². The number of nitrogens with two attached hydrogens (primary N) is 1. The smallest absolute Gasteiger partial charge is 0.205 e. The van der Waals surface area contributed by atoms with Crippen LogP contribution in [-0.4, -0.2) is 51.5 Å². The summed E-state index contributed by atoms with van der Waals surface area (Å²) in [5.74, 6) is 0.942. The summed E-state index contributed by atoms with van der Waals surface area (Å²) in [5, 5.41) is 1.04. The maximum atomic E-state index is 5.80. The molecule has 2 N–H and O–H groups in total. The Balaban J connectivity index is 1.93. The summed E-state index contributed by atoms with van der Waals surface area (Å²) in [5.41, 5.74) is 5.80. The second kappa shape index (κ2) is 6.58. The molecule has 1 aromatic rings. The first-order valence-corrected chi connectivity index (χ1v) is 7.94. The molecule has 1 aliphatic rings. The zero-order valence-electron chi connectivity index (χ0n) is 11.5. The molecule has 1 saturated heterocycles. The molecule has 0 aliphatic carbocycles. The number of anilines is 1. The molecule has 0 amide bonds. The average molecular weight is 299 g/mol. The lowest BCUT2D eigenvalue weighted by Crippen LogP contribution is -2.53. The molecule has 1 fully saturated rings. The van der Waals surface area contributed by atoms with Crippen LogP contribution in [-0.2, 0) is 6.42 Å². The second-order valence-corrected chi connectivity index (χ2v) is 5.90. The zero-order chi connectivity index (χ0) is 13.8. The van der Waals surface area contributed by atoms with Gasteiger partial charge in [0.15, 0.2) is 0 Å². The molecule has 1 aliphatic heterocycles. The fraction of sp³-hybridized carbons (Fsp3) is 0.750. The number of nitrogens with zero attached hydrogens (tertiary/aromatic N) is 4. The fourth-order valence-corrected chi connectivity index (χ4v) is 3.50. The molecule has 0 bridgehead atoms. The van der Waals surface area contributed by atoms with Gasteiger partial charge in [0, 0.05) is 44.1 Å². The van der Waals surface area contributed by atoms with Crippen molar-refractivity contribution in [2.75, 3.05) is 31.1 Å². The van der Waals surface area contributed by atoms with Crippen LogP contribution in [0.25, 0.3) is 0 Å². The SMILES string of the molecule is CCc1nsc(N2CCN(C(CC)C(N)=S)CC2)n1. The van der Waals surface area contributed by atoms with Crippen LogP contribution in [0.1, 0.15) is 26.1 Å². The van der Waals surface area contributed by atoms with Gasteiger partial charge in [0.1, 0.15) is 5.82 Å². The monoisotopic (exact) mass is 299 g/mol. The first kappa shape index (κ1) is 14.6. The molecule has 1 unspecified atom stereocenters. The second-order valence-electron chi connectivity index (χ2n) is 4.70. The highest BCUT2D eigenvalue weighted by Gasteiger charge is 2.25. The normalized spacial score (nSPS) is 18.5. The minimum Gasteiger partial charge on any atom is -0.392 e. The van der Waals surface area contributed by atoms with E-state index in [0.29, 0.717) is 4.99 Å². The van der Waals surface area contributed by atoms with Crippen molar-refractivity contribution in [1.29, 1.82) is 0 Å². The van der Waals surface area contributed by atoms with Crippen LogP contribution in [0.15, 0.2) is 0 Å². The Hall–Kier alpha value is -0.790. The average Bonchev–Trinajstić information content (AvgIpc) is 2.89. The van der Waals surface area contributed by atoms with Crippen molar-refractivity contribution in [3.8, 4) is 0 Å². The molecule has 5 nitrogen and oxygen atoms in total. The maximum Gasteiger partial charge on any atom is 0.205 e. The molecule has 2 rings (SSSR count). The van der Waals surface area contributed by atoms with Crippen LogP contribution in [0.4, 0.5) is 5.13 Å². The number of aromatic nitrogens is 2. The van der Waals surface area contributed by atoms with E-state index in [1.54, 1.807) is 0 Å². The number of thiocarbonyl (C=S) groups is 1. The first-order valence-electron chi connectivity index (χ1n) is 6.76. The van der Waals surface area contributed by atoms with E-state index in [1.165, 1.54) is 11.5 Å². The third kappa shape index (κ3) is 3.40. The fourth-order valence-electron chi connectivity index (χ4n) is 2.38. The number of piperazine rings is 1. The minimum absolute atomic E-state index is 0.234. The van der Waals surface area contributed by atoms with Gasteiger partial charge >= 0.3 is 0 Å². The zero-order valence-corrected chi connectivity index (χ0v) is 13.1. The summed E-state index contributed by atoms with van der Waals surface area (Å²) in [4.78, 5) is 9.83. The molecular formula is C12H21N5S2. The maximum absolute atomic E-state index is 5.80. The van der Waals surface area contributed by atoms with Gasteiger partial charge in [-0.15, -0.1) is 0 Å². The van der Waals surface area contributed by atoms with Gasteiger partial charge in [-0.1, -0.05) is 26.1 Å². The largest absolute Gasteiger partial charge is 0.392 e. The Bertz CT molecular complexity index is 426. The topological polar surface area (TPSA) is 58.3 Å². The summed E-state index contributed by atoms with van der Waals surface area (Å²) in [7, 11) is 0. The Morgan fingerprint density at radius 1 is 1.37 bits per heavy atom. The quantitative estimate of drug-likeness (QED) is 0.827. The van der Waals surface area contributed by atoms with Gasteiger partial charge in [-0.2, -0.15) is 4.37 Å². The van der Waals surface area contributed by atoms with Crippen LogP contribution >= 0.6 is 23.8 Å². The Kier molecular flexibility index (Phi) is 5.06. The molecule has 106 valence electrons. The van der Waals surface area contributed by atoms with E-state index >= 15 is 0 Å². The lowest BCUT2D eigenvalue weighted by molar-refractivity contribution is 0.224. The van der Waals surface area contributed by atoms with E-state index in [9.17, 15) is 0 Å². The molecule has 0 spiro atoms. The van der Waals surface area contributed by atoms with Crippen molar-refractivity contribution in [1.82, 2.24) is 14.3 Å². The number of rotatable bonds is 5. The van der Waals surface area contributed by atoms with Gasteiger partial charge in [-0.3, -0.25) is 4.90 Å². The highest BCUT2D eigenvalue weighted by Crippen LogP contribution is 2.20. The highest BCUT2D eigenvalue weighted by molar-refractivity contribution is 7.80. The van der Waals surface area contributed by atoms with Crippen molar-refractivity contribution < 1.29 is 0 Å². The van der Waals surface area contributed by atoms with Crippen molar-refractivity contribution in [3.63, 3.8) is 0 Å². The summed E-state index contributed by atoms with van der Waals surface area (Å²) >= 11 is 6.64. The van der Waals surface area contributed by atoms with Crippen LogP contribution in [0.5, 0.6) is 0 Å². The molecule has 7 heteroatoms. The van der Waals surface area contributed by atoms with Crippen molar-refractivity contribution in [3.05, 3.63) is 5.82 Å². The minimum atomic E-state index is 0.234. The lowest BCUT2D eigenvalue weighted by atomic mass is 10.1. The van der Waals surface area contributed by atoms with Gasteiger partial charge in [-0.25, -0.2) is 4.98 Å². The van der Waals surface area contributed by atoms with Crippen LogP contribution < -0.4 is 10.6 Å². The third-order valence-electron chi connectivity index (χ3n) is 3.51. The van der Waals surface area contributed by atoms with Gasteiger partial charge in [0.2, 0.25) is 5.13 Å². The Morgan fingerprint density at radius 2 is 2.05 bits per heavy atom. The molecule has 19 heavy (non-hydrogen) atoms. The van der Waals surface area contributed by atoms with Gasteiger partial charge < -0.3 is 10.6 Å². The van der Waals surface area contributed by atoms with E-state index in [-0.39, 0.29) is 6.04 Å². The Labute approximate surface area is 124 Å². The molecule has 1 atom stereocenters. The predicted molar refractivity (Wildman–Crippen MR) is 83.9 cm³/mol. The lowest BCUT2D eigenvalue weighted by Gasteiger charge is -2.38. The summed E-state index contributed by atoms with van der Waals surface area (Å²) in [6.07, 6.45) is 1.88. The van der Waals surface area contributed by atoms with Crippen LogP contribution in [0.3, 0.4) is 0 Å². The summed E-state index contributed by atoms with van der Waals surface area (Å²) in [6, 6.07) is 0.234. The van der Waals surface area contributed by atoms with Crippen LogP contribution in [0.2, 0.25) is 0 Å². The van der Waals surface area contributed by atoms with Crippen molar-refractivity contribution in [2.24, 2.45) is 5.73 Å². The van der Waals surface area contributed by atoms with Gasteiger partial charge in [0.05, 0.1) is 11.0 Å². The third-order valence-corrected chi connectivity index (χ3v) is 4.60. The van der Waals surface area contributed by atoms with E-state index in [4.69, 9.17) is 18.0 Å². The van der Waals surface area contributed by atoms with E-state index in [0.717, 1.165) is 50.0 Å². The summed E-state index contributed by atoms with van der Waals surface area (Å²) < 4.78 is 4.34. The first-order chi connectivity index (χ1) is 9.15. The standard InChI is InChI=1S/C12H21N5S2/c1-3-9(11(13)18)16-5-7-17(8-6-16)12-14-10(4-2)15-19-12/h9H,3-8H2,1-2H3,(H2,13,18). The number of aryl methyl sites for hydroxylation is 1. The molecule has 0 saturated carbocycles. The molecular weight excluding hydrogens is 278 g/mol. The molecule has 1 aromatic heterocycles. The van der Waals surface area contributed by atoms with Crippen molar-refractivity contribution >= 4 is 33.9 Å². The molecule has 0 aromatic carbocycles. The van der Waals surface area contributed by atoms with E-state index in [1.807, 2.05) is 0 Å². The van der Waals surface area contributed by atoms with Crippen LogP contribution in [0, 0.1) is 0 Å². The Morgan fingerprint density at radius 3 is 2.53 bits per heavy atom. The van der Waals surface area contributed by atoms with Crippen molar-refractivity contribution in [2.45, 2.75) is 32.7 Å². The van der Waals surface area contributed by atoms with Gasteiger partial charge in [-0.05, 0) is 6.42 Å². The number of hydrogen-bond acceptors (Lipinski definition) is 6. The molecule has 2 heterocycles. The predicted octanol–water partition coefficient (Wildman–Crippen LogP) is 1.29. The number of hydrogen-bond donors (Lipinski definition) is 1.